The fourth-order valence-corrected chi connectivity index (χ4v) is 0.592. The minimum Gasteiger partial charge on any atom is -0.290 e. The Morgan fingerprint density at radius 3 is 3.09 bits per heavy atom. The molecule has 0 radical (unpaired) electrons. The summed E-state index contributed by atoms with van der Waals surface area (Å²) in [7, 11) is 0. The minimum absolute atomic E-state index is 0.0764. The number of hydrogen-bond donors (Lipinski definition) is 3. The van der Waals surface area contributed by atoms with Crippen molar-refractivity contribution < 1.29 is 5.21 Å². The monoisotopic (exact) mass is 151 g/mol. The molecule has 3 N–H and O–H groups in total. The molecule has 0 atom stereocenters. The summed E-state index contributed by atoms with van der Waals surface area (Å²) >= 11 is 0. The van der Waals surface area contributed by atoms with Crippen molar-refractivity contribution in [2.75, 3.05) is 5.48 Å². The standard InChI is InChI=1S/C6H5N3O2/c1-2-4-3-7-6(10)8-5(4)9-11/h1,3,11H,(H2,7,8,9,10). The van der Waals surface area contributed by atoms with Crippen molar-refractivity contribution in [1.29, 1.82) is 0 Å². The van der Waals surface area contributed by atoms with Crippen LogP contribution in [0.4, 0.5) is 5.82 Å². The van der Waals surface area contributed by atoms with Gasteiger partial charge in [-0.1, -0.05) is 5.92 Å². The van der Waals surface area contributed by atoms with Gasteiger partial charge in [-0.2, -0.15) is 0 Å². The third kappa shape index (κ3) is 1.36. The van der Waals surface area contributed by atoms with Gasteiger partial charge >= 0.3 is 5.69 Å². The lowest BCUT2D eigenvalue weighted by atomic mass is 10.3. The van der Waals surface area contributed by atoms with Crippen LogP contribution in [0.3, 0.4) is 0 Å². The van der Waals surface area contributed by atoms with Crippen molar-refractivity contribution in [1.82, 2.24) is 9.97 Å². The van der Waals surface area contributed by atoms with Gasteiger partial charge in [-0.25, -0.2) is 9.78 Å². The summed E-state index contributed by atoms with van der Waals surface area (Å²) in [4.78, 5) is 16.1. The van der Waals surface area contributed by atoms with E-state index in [4.69, 9.17) is 11.6 Å². The minimum atomic E-state index is -0.569. The van der Waals surface area contributed by atoms with Crippen LogP contribution in [-0.4, -0.2) is 15.2 Å². The van der Waals surface area contributed by atoms with E-state index in [9.17, 15) is 4.79 Å². The second-order valence-corrected chi connectivity index (χ2v) is 1.73. The number of nitrogens with zero attached hydrogens (tertiary/aromatic N) is 1. The van der Waals surface area contributed by atoms with Crippen LogP contribution in [0.15, 0.2) is 11.0 Å². The van der Waals surface area contributed by atoms with Gasteiger partial charge in [-0.15, -0.1) is 6.42 Å². The first-order valence-corrected chi connectivity index (χ1v) is 2.74. The van der Waals surface area contributed by atoms with Crippen molar-refractivity contribution in [3.63, 3.8) is 0 Å². The lowest BCUT2D eigenvalue weighted by molar-refractivity contribution is 0.385. The molecular formula is C6H5N3O2. The highest BCUT2D eigenvalue weighted by Gasteiger charge is 1.98. The van der Waals surface area contributed by atoms with E-state index in [2.05, 4.69) is 15.9 Å². The fraction of sp³-hybridized carbons (Fsp3) is 0. The molecule has 0 saturated heterocycles. The molecule has 56 valence electrons. The second-order valence-electron chi connectivity index (χ2n) is 1.73. The van der Waals surface area contributed by atoms with Gasteiger partial charge in [0.2, 0.25) is 0 Å². The van der Waals surface area contributed by atoms with Gasteiger partial charge in [0, 0.05) is 0 Å². The maximum absolute atomic E-state index is 10.5. The van der Waals surface area contributed by atoms with Crippen LogP contribution in [0.1, 0.15) is 5.56 Å². The molecule has 1 aromatic heterocycles. The molecule has 0 amide bonds. The summed E-state index contributed by atoms with van der Waals surface area (Å²) in [6.07, 6.45) is 6.20. The third-order valence-electron chi connectivity index (χ3n) is 1.08. The molecule has 0 fully saturated rings. The Bertz CT molecular complexity index is 350. The molecule has 5 heteroatoms. The van der Waals surface area contributed by atoms with E-state index in [1.54, 1.807) is 5.48 Å². The van der Waals surface area contributed by atoms with E-state index in [-0.39, 0.29) is 5.82 Å². The van der Waals surface area contributed by atoms with E-state index in [1.165, 1.54) is 6.20 Å². The van der Waals surface area contributed by atoms with E-state index < -0.39 is 5.69 Å². The Labute approximate surface area is 62.1 Å². The molecule has 0 unspecified atom stereocenters. The summed E-state index contributed by atoms with van der Waals surface area (Å²) in [6.45, 7) is 0. The number of anilines is 1. The van der Waals surface area contributed by atoms with Gasteiger partial charge in [0.25, 0.3) is 0 Å². The largest absolute Gasteiger partial charge is 0.346 e. The quantitative estimate of drug-likeness (QED) is 0.375. The topological polar surface area (TPSA) is 78.0 Å². The van der Waals surface area contributed by atoms with E-state index in [1.807, 2.05) is 0 Å². The molecule has 0 bridgehead atoms. The molecule has 1 heterocycles. The predicted molar refractivity (Wildman–Crippen MR) is 38.2 cm³/mol. The SMILES string of the molecule is C#Cc1cnc(=O)[nH]c1NO. The molecule has 0 spiro atoms. The molecule has 1 rings (SSSR count). The number of aromatic nitrogens is 2. The average Bonchev–Trinajstić information content (AvgIpc) is 2.04. The van der Waals surface area contributed by atoms with Gasteiger partial charge in [-0.05, 0) is 0 Å². The van der Waals surface area contributed by atoms with Crippen LogP contribution in [-0.2, 0) is 0 Å². The zero-order valence-corrected chi connectivity index (χ0v) is 5.46. The maximum atomic E-state index is 10.5. The lowest BCUT2D eigenvalue weighted by Crippen LogP contribution is -2.13. The third-order valence-corrected chi connectivity index (χ3v) is 1.08. The highest BCUT2D eigenvalue weighted by molar-refractivity contribution is 5.49. The van der Waals surface area contributed by atoms with Crippen molar-refractivity contribution in [2.45, 2.75) is 0 Å². The summed E-state index contributed by atoms with van der Waals surface area (Å²) in [5.41, 5.74) is 1.48. The molecule has 0 aliphatic heterocycles. The van der Waals surface area contributed by atoms with Crippen LogP contribution in [0, 0.1) is 12.3 Å². The smallest absolute Gasteiger partial charge is 0.290 e. The highest BCUT2D eigenvalue weighted by atomic mass is 16.5. The molecule has 11 heavy (non-hydrogen) atoms. The van der Waals surface area contributed by atoms with Gasteiger partial charge in [0.1, 0.15) is 5.82 Å². The summed E-state index contributed by atoms with van der Waals surface area (Å²) in [6, 6.07) is 0. The van der Waals surface area contributed by atoms with Crippen molar-refractivity contribution >= 4 is 5.82 Å². The first-order valence-electron chi connectivity index (χ1n) is 2.74. The number of nitrogens with one attached hydrogen (secondary N) is 2. The predicted octanol–water partition coefficient (Wildman–Crippen LogP) is -0.448. The lowest BCUT2D eigenvalue weighted by Gasteiger charge is -1.98. The Balaban J connectivity index is 3.30. The Morgan fingerprint density at radius 2 is 2.55 bits per heavy atom. The normalized spacial score (nSPS) is 8.73. The summed E-state index contributed by atoms with van der Waals surface area (Å²) < 4.78 is 0. The van der Waals surface area contributed by atoms with Crippen molar-refractivity contribution in [3.8, 4) is 12.3 Å². The van der Waals surface area contributed by atoms with Crippen molar-refractivity contribution in [3.05, 3.63) is 22.2 Å². The van der Waals surface area contributed by atoms with Gasteiger partial charge in [-0.3, -0.25) is 15.7 Å². The van der Waals surface area contributed by atoms with Gasteiger partial charge < -0.3 is 0 Å². The zero-order valence-electron chi connectivity index (χ0n) is 5.46. The number of rotatable bonds is 1. The second kappa shape index (κ2) is 2.86. The van der Waals surface area contributed by atoms with E-state index in [0.717, 1.165) is 0 Å². The number of aromatic amines is 1. The fourth-order valence-electron chi connectivity index (χ4n) is 0.592. The zero-order chi connectivity index (χ0) is 8.27. The molecular weight excluding hydrogens is 146 g/mol. The Kier molecular flexibility index (Phi) is 1.90. The Hall–Kier alpha value is -1.80. The average molecular weight is 151 g/mol. The molecule has 0 aliphatic rings. The first kappa shape index (κ1) is 7.31. The summed E-state index contributed by atoms with van der Waals surface area (Å²) in [5, 5.41) is 8.43. The molecule has 0 aliphatic carbocycles. The number of terminal acetylenes is 1. The van der Waals surface area contributed by atoms with E-state index >= 15 is 0 Å². The van der Waals surface area contributed by atoms with E-state index in [0.29, 0.717) is 5.56 Å². The van der Waals surface area contributed by atoms with Crippen molar-refractivity contribution in [2.24, 2.45) is 0 Å². The molecule has 5 nitrogen and oxygen atoms in total. The van der Waals surface area contributed by atoms with Crippen LogP contribution < -0.4 is 11.2 Å². The van der Waals surface area contributed by atoms with Gasteiger partial charge in [0.15, 0.2) is 0 Å². The Morgan fingerprint density at radius 1 is 1.82 bits per heavy atom. The maximum Gasteiger partial charge on any atom is 0.346 e. The number of hydrogen-bond acceptors (Lipinski definition) is 4. The molecule has 1 aromatic rings. The van der Waals surface area contributed by atoms with Crippen LogP contribution in [0.2, 0.25) is 0 Å². The highest BCUT2D eigenvalue weighted by Crippen LogP contribution is 2.03. The van der Waals surface area contributed by atoms with Crippen LogP contribution >= 0.6 is 0 Å². The van der Waals surface area contributed by atoms with Gasteiger partial charge in [0.05, 0.1) is 11.8 Å². The van der Waals surface area contributed by atoms with Crippen LogP contribution in [0.25, 0.3) is 0 Å². The first-order chi connectivity index (χ1) is 5.27. The molecule has 0 saturated carbocycles. The van der Waals surface area contributed by atoms with Crippen LogP contribution in [0.5, 0.6) is 0 Å². The molecule has 0 aromatic carbocycles. The summed E-state index contributed by atoms with van der Waals surface area (Å²) in [5.74, 6) is 2.29. The number of H-pyrrole nitrogens is 1.